The predicted molar refractivity (Wildman–Crippen MR) is 124 cm³/mol. The summed E-state index contributed by atoms with van der Waals surface area (Å²) in [5.41, 5.74) is 2.77. The van der Waals surface area contributed by atoms with Gasteiger partial charge in [-0.3, -0.25) is 9.59 Å². The number of benzene rings is 4. The molecule has 0 atom stereocenters. The van der Waals surface area contributed by atoms with Gasteiger partial charge in [0.05, 0.1) is 12.0 Å². The van der Waals surface area contributed by atoms with E-state index in [0.29, 0.717) is 0 Å². The van der Waals surface area contributed by atoms with E-state index in [1.54, 1.807) is 24.3 Å². The Morgan fingerprint density at radius 1 is 0.806 bits per heavy atom. The molecule has 4 aromatic carbocycles. The molecule has 31 heavy (non-hydrogen) atoms. The van der Waals surface area contributed by atoms with Gasteiger partial charge in [0.25, 0.3) is 0 Å². The van der Waals surface area contributed by atoms with E-state index in [-0.39, 0.29) is 29.4 Å². The summed E-state index contributed by atoms with van der Waals surface area (Å²) in [5.74, 6) is -0.393. The Morgan fingerprint density at radius 2 is 1.52 bits per heavy atom. The van der Waals surface area contributed by atoms with Crippen LogP contribution in [0.2, 0.25) is 0 Å². The SMILES string of the molecule is O=C(Cc1ccc(/C=C/C(=O)c2ccccc2O)cc1)Nc1cccc2ccccc12. The van der Waals surface area contributed by atoms with Crippen LogP contribution in [0.1, 0.15) is 21.5 Å². The molecule has 0 heterocycles. The van der Waals surface area contributed by atoms with E-state index in [4.69, 9.17) is 0 Å². The molecule has 0 unspecified atom stereocenters. The van der Waals surface area contributed by atoms with E-state index in [1.165, 1.54) is 12.1 Å². The van der Waals surface area contributed by atoms with Gasteiger partial charge in [-0.1, -0.05) is 78.9 Å². The second-order valence-electron chi connectivity index (χ2n) is 7.21. The number of aromatic hydroxyl groups is 1. The Morgan fingerprint density at radius 3 is 2.32 bits per heavy atom. The van der Waals surface area contributed by atoms with Gasteiger partial charge in [-0.15, -0.1) is 0 Å². The first-order valence-electron chi connectivity index (χ1n) is 9.97. The number of fused-ring (bicyclic) bond motifs is 1. The van der Waals surface area contributed by atoms with Crippen LogP contribution in [0.3, 0.4) is 0 Å². The van der Waals surface area contributed by atoms with Gasteiger partial charge in [0.15, 0.2) is 5.78 Å². The number of rotatable bonds is 6. The smallest absolute Gasteiger partial charge is 0.228 e. The fourth-order valence-corrected chi connectivity index (χ4v) is 3.40. The molecule has 0 saturated heterocycles. The van der Waals surface area contributed by atoms with Crippen molar-refractivity contribution < 1.29 is 14.7 Å². The molecule has 0 aliphatic rings. The molecular formula is C27H21NO3. The van der Waals surface area contributed by atoms with Crippen LogP contribution in [0.5, 0.6) is 5.75 Å². The van der Waals surface area contributed by atoms with E-state index < -0.39 is 0 Å². The zero-order chi connectivity index (χ0) is 21.6. The topological polar surface area (TPSA) is 66.4 Å². The lowest BCUT2D eigenvalue weighted by Crippen LogP contribution is -2.14. The number of hydrogen-bond donors (Lipinski definition) is 2. The van der Waals surface area contributed by atoms with Crippen LogP contribution in [-0.2, 0) is 11.2 Å². The van der Waals surface area contributed by atoms with Crippen molar-refractivity contribution in [2.75, 3.05) is 5.32 Å². The molecule has 0 spiro atoms. The number of phenols is 1. The van der Waals surface area contributed by atoms with Crippen molar-refractivity contribution in [2.45, 2.75) is 6.42 Å². The summed E-state index contributed by atoms with van der Waals surface area (Å²) in [6.45, 7) is 0. The minimum atomic E-state index is -0.267. The molecule has 4 rings (SSSR count). The molecule has 2 N–H and O–H groups in total. The maximum atomic E-state index is 12.5. The Kier molecular flexibility index (Phi) is 5.90. The van der Waals surface area contributed by atoms with Crippen LogP contribution < -0.4 is 5.32 Å². The lowest BCUT2D eigenvalue weighted by Gasteiger charge is -2.09. The number of nitrogens with one attached hydrogen (secondary N) is 1. The van der Waals surface area contributed by atoms with Crippen molar-refractivity contribution in [3.63, 3.8) is 0 Å². The van der Waals surface area contributed by atoms with Gasteiger partial charge in [-0.05, 0) is 40.8 Å². The predicted octanol–water partition coefficient (Wildman–Crippen LogP) is 5.62. The first kappa shape index (κ1) is 20.1. The summed E-state index contributed by atoms with van der Waals surface area (Å²) in [6.07, 6.45) is 3.37. The van der Waals surface area contributed by atoms with Crippen LogP contribution in [0.25, 0.3) is 16.8 Å². The average Bonchev–Trinajstić information content (AvgIpc) is 2.79. The van der Waals surface area contributed by atoms with E-state index in [0.717, 1.165) is 27.6 Å². The first-order valence-corrected chi connectivity index (χ1v) is 9.97. The highest BCUT2D eigenvalue weighted by molar-refractivity contribution is 6.08. The number of anilines is 1. The highest BCUT2D eigenvalue weighted by Crippen LogP contribution is 2.23. The third-order valence-electron chi connectivity index (χ3n) is 5.00. The molecule has 0 aliphatic carbocycles. The summed E-state index contributed by atoms with van der Waals surface area (Å²) in [6, 6.07) is 27.7. The summed E-state index contributed by atoms with van der Waals surface area (Å²) in [5, 5.41) is 14.8. The average molecular weight is 407 g/mol. The Bertz CT molecular complexity index is 1270. The Hall–Kier alpha value is -4.18. The van der Waals surface area contributed by atoms with E-state index in [1.807, 2.05) is 66.7 Å². The number of ketones is 1. The quantitative estimate of drug-likeness (QED) is 0.322. The first-order chi connectivity index (χ1) is 15.1. The molecule has 0 aromatic heterocycles. The van der Waals surface area contributed by atoms with Gasteiger partial charge in [-0.25, -0.2) is 0 Å². The number of allylic oxidation sites excluding steroid dienone is 1. The Balaban J connectivity index is 1.40. The molecular weight excluding hydrogens is 386 g/mol. The molecule has 1 amide bonds. The molecule has 4 heteroatoms. The standard InChI is InChI=1S/C27H21NO3/c29-25-11-4-3-9-23(25)26(30)17-16-19-12-14-20(15-13-19)18-27(31)28-24-10-5-7-21-6-1-2-8-22(21)24/h1-17,29H,18H2,(H,28,31)/b17-16+. The molecule has 4 nitrogen and oxygen atoms in total. The molecule has 0 bridgehead atoms. The van der Waals surface area contributed by atoms with Gasteiger partial charge in [0.2, 0.25) is 5.91 Å². The molecule has 0 aliphatic heterocycles. The fourth-order valence-electron chi connectivity index (χ4n) is 3.40. The minimum Gasteiger partial charge on any atom is -0.507 e. The van der Waals surface area contributed by atoms with Crippen LogP contribution in [-0.4, -0.2) is 16.8 Å². The van der Waals surface area contributed by atoms with Crippen molar-refractivity contribution in [3.8, 4) is 5.75 Å². The summed E-state index contributed by atoms with van der Waals surface area (Å²) in [7, 11) is 0. The number of hydrogen-bond acceptors (Lipinski definition) is 3. The Labute approximate surface area is 180 Å². The normalized spacial score (nSPS) is 11.0. The zero-order valence-corrected chi connectivity index (χ0v) is 16.8. The van der Waals surface area contributed by atoms with E-state index >= 15 is 0 Å². The van der Waals surface area contributed by atoms with Gasteiger partial charge in [0, 0.05) is 11.1 Å². The third-order valence-corrected chi connectivity index (χ3v) is 5.00. The van der Waals surface area contributed by atoms with Crippen molar-refractivity contribution in [3.05, 3.63) is 114 Å². The minimum absolute atomic E-state index is 0.0373. The molecule has 0 saturated carbocycles. The van der Waals surface area contributed by atoms with Gasteiger partial charge in [-0.2, -0.15) is 0 Å². The van der Waals surface area contributed by atoms with E-state index in [9.17, 15) is 14.7 Å². The zero-order valence-electron chi connectivity index (χ0n) is 16.8. The molecule has 0 radical (unpaired) electrons. The van der Waals surface area contributed by atoms with Gasteiger partial charge >= 0.3 is 0 Å². The highest BCUT2D eigenvalue weighted by Gasteiger charge is 2.08. The largest absolute Gasteiger partial charge is 0.507 e. The summed E-state index contributed by atoms with van der Waals surface area (Å²) in [4.78, 5) is 24.7. The summed E-state index contributed by atoms with van der Waals surface area (Å²) >= 11 is 0. The highest BCUT2D eigenvalue weighted by atomic mass is 16.3. The third kappa shape index (κ3) is 4.87. The maximum Gasteiger partial charge on any atom is 0.228 e. The number of para-hydroxylation sites is 1. The summed E-state index contributed by atoms with van der Waals surface area (Å²) < 4.78 is 0. The number of carbonyl (C=O) groups is 2. The number of amides is 1. The van der Waals surface area contributed by atoms with Gasteiger partial charge in [0.1, 0.15) is 5.75 Å². The lowest BCUT2D eigenvalue weighted by atomic mass is 10.1. The van der Waals surface area contributed by atoms with Crippen molar-refractivity contribution in [1.29, 1.82) is 0 Å². The van der Waals surface area contributed by atoms with Crippen LogP contribution in [0.4, 0.5) is 5.69 Å². The number of phenolic OH excluding ortho intramolecular Hbond substituents is 1. The van der Waals surface area contributed by atoms with Crippen LogP contribution in [0.15, 0.2) is 97.1 Å². The molecule has 152 valence electrons. The van der Waals surface area contributed by atoms with E-state index in [2.05, 4.69) is 5.32 Å². The van der Waals surface area contributed by atoms with Crippen molar-refractivity contribution in [2.24, 2.45) is 0 Å². The second kappa shape index (κ2) is 9.09. The fraction of sp³-hybridized carbons (Fsp3) is 0.0370. The number of carbonyl (C=O) groups excluding carboxylic acids is 2. The van der Waals surface area contributed by atoms with Crippen molar-refractivity contribution >= 4 is 34.2 Å². The molecule has 4 aromatic rings. The van der Waals surface area contributed by atoms with Crippen molar-refractivity contribution in [1.82, 2.24) is 0 Å². The van der Waals surface area contributed by atoms with Crippen LogP contribution >= 0.6 is 0 Å². The van der Waals surface area contributed by atoms with Crippen LogP contribution in [0, 0.1) is 0 Å². The monoisotopic (exact) mass is 407 g/mol. The van der Waals surface area contributed by atoms with Gasteiger partial charge < -0.3 is 10.4 Å². The second-order valence-corrected chi connectivity index (χ2v) is 7.21. The lowest BCUT2D eigenvalue weighted by molar-refractivity contribution is -0.115. The maximum absolute atomic E-state index is 12.5. The molecule has 0 fully saturated rings.